The SMILES string of the molecule is c1ccc(CC[NH+]=C2CCCc3c2[nH]c2ccccc32)cc1. The largest absolute Gasteiger partial charge is 0.350 e. The van der Waals surface area contributed by atoms with E-state index in [0.29, 0.717) is 0 Å². The fraction of sp³-hybridized carbons (Fsp3) is 0.250. The van der Waals surface area contributed by atoms with E-state index in [1.807, 2.05) is 0 Å². The molecule has 2 aromatic carbocycles. The van der Waals surface area contributed by atoms with Gasteiger partial charge in [0, 0.05) is 23.7 Å². The Kier molecular flexibility index (Phi) is 3.51. The number of para-hydroxylation sites is 1. The van der Waals surface area contributed by atoms with E-state index in [0.717, 1.165) is 19.4 Å². The van der Waals surface area contributed by atoms with E-state index in [1.54, 1.807) is 0 Å². The van der Waals surface area contributed by atoms with Crippen molar-refractivity contribution in [3.8, 4) is 0 Å². The molecule has 0 saturated heterocycles. The summed E-state index contributed by atoms with van der Waals surface area (Å²) in [6.07, 6.45) is 4.64. The topological polar surface area (TPSA) is 29.8 Å². The molecule has 3 aromatic rings. The van der Waals surface area contributed by atoms with Crippen molar-refractivity contribution in [2.75, 3.05) is 6.54 Å². The van der Waals surface area contributed by atoms with Crippen LogP contribution in [0.4, 0.5) is 0 Å². The fourth-order valence-electron chi connectivity index (χ4n) is 3.46. The van der Waals surface area contributed by atoms with Gasteiger partial charge in [-0.2, -0.15) is 0 Å². The highest BCUT2D eigenvalue weighted by Gasteiger charge is 2.23. The maximum absolute atomic E-state index is 3.67. The summed E-state index contributed by atoms with van der Waals surface area (Å²) in [5, 5.41) is 1.39. The molecule has 0 spiro atoms. The van der Waals surface area contributed by atoms with Gasteiger partial charge >= 0.3 is 0 Å². The first-order valence-corrected chi connectivity index (χ1v) is 8.15. The molecule has 2 nitrogen and oxygen atoms in total. The minimum atomic E-state index is 0.994. The second kappa shape index (κ2) is 5.80. The summed E-state index contributed by atoms with van der Waals surface area (Å²) in [6, 6.07) is 19.3. The van der Waals surface area contributed by atoms with Gasteiger partial charge in [0.15, 0.2) is 5.71 Å². The molecular weight excluding hydrogens is 268 g/mol. The molecule has 1 aromatic heterocycles. The van der Waals surface area contributed by atoms with Crippen molar-refractivity contribution in [3.63, 3.8) is 0 Å². The van der Waals surface area contributed by atoms with Crippen LogP contribution < -0.4 is 4.99 Å². The van der Waals surface area contributed by atoms with Crippen LogP contribution in [-0.4, -0.2) is 17.2 Å². The highest BCUT2D eigenvalue weighted by Crippen LogP contribution is 2.27. The van der Waals surface area contributed by atoms with Gasteiger partial charge in [-0.3, -0.25) is 0 Å². The predicted octanol–water partition coefficient (Wildman–Crippen LogP) is 2.62. The maximum Gasteiger partial charge on any atom is 0.198 e. The van der Waals surface area contributed by atoms with Gasteiger partial charge in [-0.15, -0.1) is 0 Å². The van der Waals surface area contributed by atoms with Crippen LogP contribution in [0.5, 0.6) is 0 Å². The average molecular weight is 289 g/mol. The number of H-pyrrole nitrogens is 1. The molecule has 0 unspecified atom stereocenters. The lowest BCUT2D eigenvalue weighted by Crippen LogP contribution is -2.74. The number of aromatic amines is 1. The summed E-state index contributed by atoms with van der Waals surface area (Å²) in [5.74, 6) is 0. The van der Waals surface area contributed by atoms with Crippen molar-refractivity contribution in [3.05, 3.63) is 71.4 Å². The molecule has 0 fully saturated rings. The van der Waals surface area contributed by atoms with Crippen LogP contribution in [0.25, 0.3) is 10.9 Å². The van der Waals surface area contributed by atoms with Gasteiger partial charge in [0.1, 0.15) is 12.2 Å². The number of aryl methyl sites for hydroxylation is 1. The molecule has 0 radical (unpaired) electrons. The third-order valence-corrected chi connectivity index (χ3v) is 4.56. The number of hydrogen-bond acceptors (Lipinski definition) is 0. The van der Waals surface area contributed by atoms with Crippen LogP contribution in [0.3, 0.4) is 0 Å². The Morgan fingerprint density at radius 2 is 1.73 bits per heavy atom. The molecule has 0 aliphatic heterocycles. The van der Waals surface area contributed by atoms with Crippen LogP contribution in [0.1, 0.15) is 29.7 Å². The van der Waals surface area contributed by atoms with Crippen molar-refractivity contribution >= 4 is 16.6 Å². The first kappa shape index (κ1) is 13.3. The summed E-state index contributed by atoms with van der Waals surface area (Å²) < 4.78 is 0. The summed E-state index contributed by atoms with van der Waals surface area (Å²) in [7, 11) is 0. The van der Waals surface area contributed by atoms with Gasteiger partial charge in [-0.1, -0.05) is 48.5 Å². The number of aromatic nitrogens is 1. The van der Waals surface area contributed by atoms with Crippen molar-refractivity contribution in [1.29, 1.82) is 0 Å². The van der Waals surface area contributed by atoms with Crippen molar-refractivity contribution < 1.29 is 4.99 Å². The van der Waals surface area contributed by atoms with E-state index in [4.69, 9.17) is 0 Å². The second-order valence-corrected chi connectivity index (χ2v) is 6.02. The zero-order valence-corrected chi connectivity index (χ0v) is 12.7. The first-order chi connectivity index (χ1) is 10.9. The van der Waals surface area contributed by atoms with Crippen LogP contribution in [-0.2, 0) is 12.8 Å². The van der Waals surface area contributed by atoms with Crippen LogP contribution in [0, 0.1) is 0 Å². The standard InChI is InChI=1S/C20H20N2/c1-2-7-15(8-3-1)13-14-21-19-12-6-10-17-16-9-4-5-11-18(16)22-20(17)19/h1-5,7-9,11,22H,6,10,12-14H2/p+1. The number of benzene rings is 2. The highest BCUT2D eigenvalue weighted by atomic mass is 14.8. The van der Waals surface area contributed by atoms with Crippen molar-refractivity contribution in [2.24, 2.45) is 0 Å². The van der Waals surface area contributed by atoms with Crippen molar-refractivity contribution in [1.82, 2.24) is 4.98 Å². The fourth-order valence-corrected chi connectivity index (χ4v) is 3.46. The molecule has 110 valence electrons. The molecule has 0 saturated carbocycles. The molecule has 0 bridgehead atoms. The van der Waals surface area contributed by atoms with Crippen molar-refractivity contribution in [2.45, 2.75) is 25.7 Å². The minimum absolute atomic E-state index is 0.994. The average Bonchev–Trinajstić information content (AvgIpc) is 2.96. The molecule has 0 amide bonds. The molecular formula is C20H21N2+. The Bertz CT molecular complexity index is 812. The van der Waals surface area contributed by atoms with Gasteiger partial charge in [0.25, 0.3) is 0 Å². The van der Waals surface area contributed by atoms with Gasteiger partial charge < -0.3 is 4.98 Å². The van der Waals surface area contributed by atoms with E-state index >= 15 is 0 Å². The lowest BCUT2D eigenvalue weighted by atomic mass is 9.94. The zero-order chi connectivity index (χ0) is 14.8. The summed E-state index contributed by atoms with van der Waals surface area (Å²) in [5.41, 5.74) is 6.86. The molecule has 4 rings (SSSR count). The van der Waals surface area contributed by atoms with Gasteiger partial charge in [0.2, 0.25) is 0 Å². The van der Waals surface area contributed by atoms with E-state index < -0.39 is 0 Å². The van der Waals surface area contributed by atoms with E-state index in [2.05, 4.69) is 64.6 Å². The lowest BCUT2D eigenvalue weighted by Gasteiger charge is -2.10. The molecule has 1 aliphatic rings. The lowest BCUT2D eigenvalue weighted by molar-refractivity contribution is -0.457. The number of fused-ring (bicyclic) bond motifs is 3. The van der Waals surface area contributed by atoms with Gasteiger partial charge in [-0.25, -0.2) is 4.99 Å². The van der Waals surface area contributed by atoms with Crippen LogP contribution >= 0.6 is 0 Å². The maximum atomic E-state index is 3.67. The summed E-state index contributed by atoms with van der Waals surface area (Å²) in [4.78, 5) is 7.29. The Morgan fingerprint density at radius 3 is 2.64 bits per heavy atom. The van der Waals surface area contributed by atoms with E-state index in [1.165, 1.54) is 46.3 Å². The normalized spacial score (nSPS) is 16.1. The monoisotopic (exact) mass is 289 g/mol. The number of rotatable bonds is 3. The molecule has 1 heterocycles. The highest BCUT2D eigenvalue weighted by molar-refractivity contribution is 6.03. The number of hydrogen-bond donors (Lipinski definition) is 2. The predicted molar refractivity (Wildman–Crippen MR) is 91.3 cm³/mol. The molecule has 0 atom stereocenters. The van der Waals surface area contributed by atoms with E-state index in [9.17, 15) is 0 Å². The first-order valence-electron chi connectivity index (χ1n) is 8.15. The number of nitrogens with one attached hydrogen (secondary N) is 2. The quantitative estimate of drug-likeness (QED) is 0.742. The Balaban J connectivity index is 1.60. The third kappa shape index (κ3) is 2.45. The van der Waals surface area contributed by atoms with Gasteiger partial charge in [-0.05, 0) is 30.0 Å². The summed E-state index contributed by atoms with van der Waals surface area (Å²) >= 11 is 0. The second-order valence-electron chi connectivity index (χ2n) is 6.02. The Labute approximate surface area is 130 Å². The third-order valence-electron chi connectivity index (χ3n) is 4.56. The molecule has 1 aliphatic carbocycles. The van der Waals surface area contributed by atoms with E-state index in [-0.39, 0.29) is 0 Å². The summed E-state index contributed by atoms with van der Waals surface area (Å²) in [6.45, 7) is 0.994. The van der Waals surface area contributed by atoms with Gasteiger partial charge in [0.05, 0.1) is 0 Å². The smallest absolute Gasteiger partial charge is 0.198 e. The van der Waals surface area contributed by atoms with Crippen LogP contribution in [0.15, 0.2) is 54.6 Å². The Hall–Kier alpha value is -2.35. The minimum Gasteiger partial charge on any atom is -0.350 e. The molecule has 22 heavy (non-hydrogen) atoms. The van der Waals surface area contributed by atoms with Crippen LogP contribution in [0.2, 0.25) is 0 Å². The Morgan fingerprint density at radius 1 is 0.909 bits per heavy atom. The zero-order valence-electron chi connectivity index (χ0n) is 12.7. The molecule has 2 heteroatoms. The molecule has 2 N–H and O–H groups in total.